The number of rotatable bonds is 0. The van der Waals surface area contributed by atoms with E-state index in [9.17, 15) is 0 Å². The van der Waals surface area contributed by atoms with Gasteiger partial charge in [0.1, 0.15) is 0 Å². The van der Waals surface area contributed by atoms with Crippen LogP contribution in [0.25, 0.3) is 0 Å². The molecule has 0 aromatic rings. The predicted octanol–water partition coefficient (Wildman–Crippen LogP) is 3.36. The second kappa shape index (κ2) is 9.43. The van der Waals surface area contributed by atoms with Gasteiger partial charge >= 0.3 is 27.7 Å². The number of hydrogen-bond acceptors (Lipinski definition) is 0. The monoisotopic (exact) mass is 249 g/mol. The summed E-state index contributed by atoms with van der Waals surface area (Å²) in [5.41, 5.74) is 0. The van der Waals surface area contributed by atoms with E-state index >= 15 is 0 Å². The van der Waals surface area contributed by atoms with Gasteiger partial charge in [0, 0.05) is 0 Å². The molecule has 10 heavy (non-hydrogen) atoms. The van der Waals surface area contributed by atoms with E-state index in [0.717, 1.165) is 0 Å². The van der Waals surface area contributed by atoms with Crippen LogP contribution in [0.15, 0.2) is 24.3 Å². The molecule has 0 N–H and O–H groups in total. The molecule has 0 bridgehead atoms. The number of allylic oxidation sites excluding steroid dienone is 4. The van der Waals surface area contributed by atoms with Crippen molar-refractivity contribution in [3.63, 3.8) is 0 Å². The van der Waals surface area contributed by atoms with E-state index in [1.807, 2.05) is 0 Å². The quantitative estimate of drug-likeness (QED) is 0.456. The van der Waals surface area contributed by atoms with Crippen molar-refractivity contribution < 1.29 is 18.2 Å². The van der Waals surface area contributed by atoms with Crippen molar-refractivity contribution in [1.29, 1.82) is 0 Å². The topological polar surface area (TPSA) is 0 Å². The van der Waals surface area contributed by atoms with Gasteiger partial charge in [-0.25, -0.2) is 0 Å². The Kier molecular flexibility index (Phi) is 9.84. The van der Waals surface area contributed by atoms with E-state index in [1.54, 1.807) is 0 Å². The van der Waals surface area contributed by atoms with Gasteiger partial charge in [-0.2, -0.15) is 0 Å². The maximum atomic E-state index is 4.49. The van der Waals surface area contributed by atoms with Crippen LogP contribution >= 0.6 is 9.53 Å². The summed E-state index contributed by atoms with van der Waals surface area (Å²) in [6.07, 6.45) is 14.0. The standard InChI is InChI=1S/C8H12.ClH.Pd/c1-2-4-6-8-7-5-3-1;;/h1-2,7-8H,3-6H2;1H;/q;;+1/p-1. The van der Waals surface area contributed by atoms with Crippen LogP contribution < -0.4 is 0 Å². The van der Waals surface area contributed by atoms with Gasteiger partial charge in [-0.15, -0.1) is 0 Å². The molecule has 0 fully saturated rings. The predicted molar refractivity (Wildman–Crippen MR) is 42.6 cm³/mol. The van der Waals surface area contributed by atoms with Crippen molar-refractivity contribution in [3.8, 4) is 0 Å². The van der Waals surface area contributed by atoms with Crippen LogP contribution in [0.3, 0.4) is 0 Å². The SMILES string of the molecule is C1=CCCC=CCC1.[Cl][Pd]. The Hall–Kier alpha value is 0.432. The summed E-state index contributed by atoms with van der Waals surface area (Å²) in [7, 11) is 4.49. The molecule has 0 atom stereocenters. The molecule has 0 aromatic heterocycles. The van der Waals surface area contributed by atoms with Crippen LogP contribution in [0.1, 0.15) is 25.7 Å². The molecule has 61 valence electrons. The molecular formula is C8H12ClPd. The fourth-order valence-corrected chi connectivity index (χ4v) is 0.856. The Bertz CT molecular complexity index is 81.8. The van der Waals surface area contributed by atoms with E-state index in [1.165, 1.54) is 25.7 Å². The maximum absolute atomic E-state index is 4.49. The summed E-state index contributed by atoms with van der Waals surface area (Å²) >= 11 is 2.22. The third kappa shape index (κ3) is 6.55. The zero-order chi connectivity index (χ0) is 7.66. The minimum atomic E-state index is 1.23. The molecule has 0 radical (unpaired) electrons. The molecule has 0 saturated carbocycles. The first-order valence-electron chi connectivity index (χ1n) is 3.42. The molecule has 0 nitrogen and oxygen atoms in total. The van der Waals surface area contributed by atoms with Crippen molar-refractivity contribution >= 4 is 9.53 Å². The zero-order valence-electron chi connectivity index (χ0n) is 5.83. The van der Waals surface area contributed by atoms with Gasteiger partial charge in [0.2, 0.25) is 0 Å². The molecule has 1 rings (SSSR count). The fourth-order valence-electron chi connectivity index (χ4n) is 0.856. The van der Waals surface area contributed by atoms with E-state index in [4.69, 9.17) is 0 Å². The second-order valence-electron chi connectivity index (χ2n) is 2.10. The molecule has 1 aliphatic rings. The third-order valence-electron chi connectivity index (χ3n) is 1.33. The van der Waals surface area contributed by atoms with Gasteiger partial charge in [-0.1, -0.05) is 24.3 Å². The first kappa shape index (κ1) is 10.4. The first-order valence-corrected chi connectivity index (χ1v) is 5.42. The third-order valence-corrected chi connectivity index (χ3v) is 1.33. The van der Waals surface area contributed by atoms with Crippen LogP contribution in [0.2, 0.25) is 0 Å². The van der Waals surface area contributed by atoms with Crippen LogP contribution in [0.4, 0.5) is 0 Å². The van der Waals surface area contributed by atoms with Gasteiger partial charge in [-0.3, -0.25) is 0 Å². The minimum absolute atomic E-state index is 1.23. The molecule has 2 heteroatoms. The Labute approximate surface area is 77.7 Å². The van der Waals surface area contributed by atoms with E-state index in [2.05, 4.69) is 52.0 Å². The molecule has 0 spiro atoms. The normalized spacial score (nSPS) is 16.7. The van der Waals surface area contributed by atoms with Crippen molar-refractivity contribution in [3.05, 3.63) is 24.3 Å². The fraction of sp³-hybridized carbons (Fsp3) is 0.500. The average Bonchev–Trinajstić information content (AvgIpc) is 1.90. The van der Waals surface area contributed by atoms with Gasteiger partial charge in [0.05, 0.1) is 0 Å². The molecule has 0 unspecified atom stereocenters. The molecule has 0 amide bonds. The van der Waals surface area contributed by atoms with Crippen molar-refractivity contribution in [2.45, 2.75) is 25.7 Å². The Morgan fingerprint density at radius 2 is 0.900 bits per heavy atom. The van der Waals surface area contributed by atoms with Crippen LogP contribution in [0, 0.1) is 0 Å². The summed E-state index contributed by atoms with van der Waals surface area (Å²) in [5, 5.41) is 0. The van der Waals surface area contributed by atoms with Crippen molar-refractivity contribution in [1.82, 2.24) is 0 Å². The van der Waals surface area contributed by atoms with Gasteiger partial charge in [0.15, 0.2) is 0 Å². The Balaban J connectivity index is 0.000000371. The summed E-state index contributed by atoms with van der Waals surface area (Å²) in [6, 6.07) is 0. The van der Waals surface area contributed by atoms with E-state index in [0.29, 0.717) is 0 Å². The van der Waals surface area contributed by atoms with Crippen molar-refractivity contribution in [2.24, 2.45) is 0 Å². The molecule has 0 aliphatic heterocycles. The Morgan fingerprint density at radius 3 is 1.10 bits per heavy atom. The molecular weight excluding hydrogens is 238 g/mol. The molecule has 0 saturated heterocycles. The summed E-state index contributed by atoms with van der Waals surface area (Å²) in [4.78, 5) is 0. The van der Waals surface area contributed by atoms with Gasteiger partial charge < -0.3 is 0 Å². The summed E-state index contributed by atoms with van der Waals surface area (Å²) in [5.74, 6) is 0. The molecule has 1 aliphatic carbocycles. The molecule has 0 heterocycles. The van der Waals surface area contributed by atoms with E-state index in [-0.39, 0.29) is 0 Å². The van der Waals surface area contributed by atoms with Gasteiger partial charge in [0.25, 0.3) is 0 Å². The first-order chi connectivity index (χ1) is 5.00. The zero-order valence-corrected chi connectivity index (χ0v) is 8.14. The van der Waals surface area contributed by atoms with Crippen molar-refractivity contribution in [2.75, 3.05) is 0 Å². The van der Waals surface area contributed by atoms with Gasteiger partial charge in [-0.05, 0) is 25.7 Å². The van der Waals surface area contributed by atoms with Crippen LogP contribution in [-0.2, 0) is 18.2 Å². The number of hydrogen-bond donors (Lipinski definition) is 0. The summed E-state index contributed by atoms with van der Waals surface area (Å²) < 4.78 is 0. The number of halogens is 1. The molecule has 0 aromatic carbocycles. The van der Waals surface area contributed by atoms with E-state index < -0.39 is 0 Å². The Morgan fingerprint density at radius 1 is 0.700 bits per heavy atom. The second-order valence-corrected chi connectivity index (χ2v) is 2.10. The average molecular weight is 250 g/mol. The summed E-state index contributed by atoms with van der Waals surface area (Å²) in [6.45, 7) is 0. The van der Waals surface area contributed by atoms with Crippen LogP contribution in [-0.4, -0.2) is 0 Å². The van der Waals surface area contributed by atoms with Crippen LogP contribution in [0.5, 0.6) is 0 Å².